The molecule has 9 nitrogen and oxygen atoms in total. The first-order valence-corrected chi connectivity index (χ1v) is 7.66. The number of carbonyl (C=O) groups is 1. The van der Waals surface area contributed by atoms with Gasteiger partial charge < -0.3 is 15.3 Å². The van der Waals surface area contributed by atoms with Gasteiger partial charge in [0.05, 0.1) is 10.5 Å². The molecule has 0 saturated carbocycles. The van der Waals surface area contributed by atoms with Crippen molar-refractivity contribution >= 4 is 33.6 Å². The summed E-state index contributed by atoms with van der Waals surface area (Å²) in [5, 5.41) is 49.2. The van der Waals surface area contributed by atoms with Crippen molar-refractivity contribution < 1.29 is 25.0 Å². The molecule has 0 aliphatic heterocycles. The zero-order chi connectivity index (χ0) is 19.7. The average molecular weight is 367 g/mol. The van der Waals surface area contributed by atoms with Crippen LogP contribution in [0.4, 0.5) is 17.1 Å². The maximum atomic E-state index is 11.5. The first kappa shape index (κ1) is 17.8. The van der Waals surface area contributed by atoms with Crippen molar-refractivity contribution in [3.05, 3.63) is 58.1 Å². The molecule has 0 atom stereocenters. The number of benzene rings is 3. The van der Waals surface area contributed by atoms with Gasteiger partial charge in [0.1, 0.15) is 28.6 Å². The third kappa shape index (κ3) is 3.38. The zero-order valence-corrected chi connectivity index (χ0v) is 13.9. The van der Waals surface area contributed by atoms with Gasteiger partial charge in [0.2, 0.25) is 0 Å². The topological polar surface area (TPSA) is 146 Å². The number of Topliss-reactive ketones (excluding diaryl/α,β-unsaturated/α-hetero) is 1. The van der Waals surface area contributed by atoms with Crippen LogP contribution in [0.2, 0.25) is 0 Å². The number of phenols is 3. The second kappa shape index (κ2) is 6.71. The number of non-ortho nitro benzene ring substituents is 1. The van der Waals surface area contributed by atoms with Crippen LogP contribution >= 0.6 is 0 Å². The fourth-order valence-electron chi connectivity index (χ4n) is 2.54. The molecule has 0 saturated heterocycles. The second-order valence-corrected chi connectivity index (χ2v) is 5.71. The second-order valence-electron chi connectivity index (χ2n) is 5.71. The van der Waals surface area contributed by atoms with Crippen molar-refractivity contribution in [1.29, 1.82) is 0 Å². The van der Waals surface area contributed by atoms with E-state index in [0.717, 1.165) is 6.07 Å². The van der Waals surface area contributed by atoms with Crippen LogP contribution < -0.4 is 0 Å². The number of rotatable bonds is 4. The third-order valence-corrected chi connectivity index (χ3v) is 3.89. The Morgan fingerprint density at radius 3 is 2.37 bits per heavy atom. The lowest BCUT2D eigenvalue weighted by Crippen LogP contribution is -1.92. The van der Waals surface area contributed by atoms with Gasteiger partial charge in [0.15, 0.2) is 5.78 Å². The van der Waals surface area contributed by atoms with E-state index < -0.39 is 16.5 Å². The zero-order valence-electron chi connectivity index (χ0n) is 13.9. The minimum absolute atomic E-state index is 0.0410. The van der Waals surface area contributed by atoms with Gasteiger partial charge in [-0.05, 0) is 30.5 Å². The number of nitrogens with zero attached hydrogens (tertiary/aromatic N) is 3. The van der Waals surface area contributed by atoms with Crippen molar-refractivity contribution in [1.82, 2.24) is 0 Å². The van der Waals surface area contributed by atoms with Gasteiger partial charge >= 0.3 is 0 Å². The maximum absolute atomic E-state index is 11.5. The predicted molar refractivity (Wildman–Crippen MR) is 96.2 cm³/mol. The van der Waals surface area contributed by atoms with Crippen LogP contribution in [0.3, 0.4) is 0 Å². The van der Waals surface area contributed by atoms with Crippen LogP contribution in [0.1, 0.15) is 17.3 Å². The Morgan fingerprint density at radius 2 is 1.70 bits per heavy atom. The monoisotopic (exact) mass is 367 g/mol. The summed E-state index contributed by atoms with van der Waals surface area (Å²) in [6.07, 6.45) is 0. The van der Waals surface area contributed by atoms with Gasteiger partial charge in [-0.15, -0.1) is 10.2 Å². The SMILES string of the molecule is CC(=O)c1cc(N=Nc2c(O)ccc3cc([N+](=O)[O-])ccc23)c(O)cc1O. The summed E-state index contributed by atoms with van der Waals surface area (Å²) in [5.74, 6) is -1.44. The first-order chi connectivity index (χ1) is 12.8. The molecule has 27 heavy (non-hydrogen) atoms. The van der Waals surface area contributed by atoms with Gasteiger partial charge in [-0.2, -0.15) is 0 Å². The van der Waals surface area contributed by atoms with Crippen molar-refractivity contribution in [2.45, 2.75) is 6.92 Å². The molecule has 0 radical (unpaired) electrons. The van der Waals surface area contributed by atoms with Crippen molar-refractivity contribution in [2.24, 2.45) is 10.2 Å². The highest BCUT2D eigenvalue weighted by Crippen LogP contribution is 2.39. The quantitative estimate of drug-likeness (QED) is 0.268. The van der Waals surface area contributed by atoms with E-state index >= 15 is 0 Å². The highest BCUT2D eigenvalue weighted by molar-refractivity contribution is 5.98. The summed E-state index contributed by atoms with van der Waals surface area (Å²) in [6, 6.07) is 8.99. The molecule has 0 aromatic heterocycles. The molecule has 9 heteroatoms. The third-order valence-electron chi connectivity index (χ3n) is 3.89. The van der Waals surface area contributed by atoms with E-state index in [2.05, 4.69) is 10.2 Å². The molecule has 0 fully saturated rings. The Kier molecular flexibility index (Phi) is 4.43. The number of ketones is 1. The molecule has 0 unspecified atom stereocenters. The lowest BCUT2D eigenvalue weighted by atomic mass is 10.1. The first-order valence-electron chi connectivity index (χ1n) is 7.66. The summed E-state index contributed by atoms with van der Waals surface area (Å²) >= 11 is 0. The molecule has 3 aromatic rings. The Bertz CT molecular complexity index is 1120. The summed E-state index contributed by atoms with van der Waals surface area (Å²) in [5.41, 5.74) is -0.201. The smallest absolute Gasteiger partial charge is 0.270 e. The Hall–Kier alpha value is -4.01. The fourth-order valence-corrected chi connectivity index (χ4v) is 2.54. The molecule has 3 N–H and O–H groups in total. The molecule has 0 amide bonds. The molecule has 0 aliphatic rings. The number of nitro benzene ring substituents is 1. The Labute approximate surface area is 152 Å². The van der Waals surface area contributed by atoms with E-state index in [1.807, 2.05) is 0 Å². The van der Waals surface area contributed by atoms with Gasteiger partial charge in [-0.25, -0.2) is 0 Å². The molecular weight excluding hydrogens is 354 g/mol. The van der Waals surface area contributed by atoms with E-state index in [1.54, 1.807) is 0 Å². The van der Waals surface area contributed by atoms with Crippen LogP contribution in [0.5, 0.6) is 17.2 Å². The van der Waals surface area contributed by atoms with Crippen LogP contribution in [0, 0.1) is 10.1 Å². The average Bonchev–Trinajstić information content (AvgIpc) is 2.61. The number of hydrogen-bond donors (Lipinski definition) is 3. The summed E-state index contributed by atoms with van der Waals surface area (Å²) in [6.45, 7) is 1.25. The molecule has 3 aromatic carbocycles. The lowest BCUT2D eigenvalue weighted by Gasteiger charge is -2.06. The van der Waals surface area contributed by atoms with E-state index in [0.29, 0.717) is 10.8 Å². The normalized spacial score (nSPS) is 11.1. The van der Waals surface area contributed by atoms with Crippen LogP contribution in [-0.4, -0.2) is 26.0 Å². The van der Waals surface area contributed by atoms with Gasteiger partial charge in [-0.1, -0.05) is 6.07 Å². The maximum Gasteiger partial charge on any atom is 0.270 e. The van der Waals surface area contributed by atoms with E-state index in [1.165, 1.54) is 43.3 Å². The number of nitro groups is 1. The van der Waals surface area contributed by atoms with Crippen molar-refractivity contribution in [3.8, 4) is 17.2 Å². The minimum atomic E-state index is -0.536. The van der Waals surface area contributed by atoms with E-state index in [-0.39, 0.29) is 34.1 Å². The number of hydrogen-bond acceptors (Lipinski definition) is 8. The van der Waals surface area contributed by atoms with E-state index in [9.17, 15) is 30.2 Å². The van der Waals surface area contributed by atoms with Gasteiger partial charge in [0, 0.05) is 23.6 Å². The molecule has 0 spiro atoms. The van der Waals surface area contributed by atoms with Crippen LogP contribution in [0.15, 0.2) is 52.7 Å². The number of phenolic OH excluding ortho intramolecular Hbond substituents is 3. The van der Waals surface area contributed by atoms with Crippen LogP contribution in [-0.2, 0) is 0 Å². The van der Waals surface area contributed by atoms with Gasteiger partial charge in [-0.3, -0.25) is 14.9 Å². The highest BCUT2D eigenvalue weighted by Gasteiger charge is 2.14. The Balaban J connectivity index is 2.11. The van der Waals surface area contributed by atoms with Crippen molar-refractivity contribution in [3.63, 3.8) is 0 Å². The Morgan fingerprint density at radius 1 is 0.963 bits per heavy atom. The summed E-state index contributed by atoms with van der Waals surface area (Å²) in [4.78, 5) is 21.9. The van der Waals surface area contributed by atoms with Crippen LogP contribution in [0.25, 0.3) is 10.8 Å². The molecule has 0 heterocycles. The van der Waals surface area contributed by atoms with E-state index in [4.69, 9.17) is 0 Å². The predicted octanol–water partition coefficient (Wildman–Crippen LogP) is 4.48. The standard InChI is InChI=1S/C18H13N3O6/c1-9(22)13-7-14(17(25)8-16(13)24)19-20-18-12-4-3-11(21(26)27)6-10(12)2-5-15(18)23/h2-8,23-25H,1H3. The fraction of sp³-hybridized carbons (Fsp3) is 0.0556. The number of carbonyl (C=O) groups excluding carboxylic acids is 1. The molecular formula is C18H13N3O6. The largest absolute Gasteiger partial charge is 0.507 e. The van der Waals surface area contributed by atoms with Crippen molar-refractivity contribution in [2.75, 3.05) is 0 Å². The number of azo groups is 1. The molecule has 0 aliphatic carbocycles. The minimum Gasteiger partial charge on any atom is -0.507 e. The lowest BCUT2D eigenvalue weighted by molar-refractivity contribution is -0.384. The highest BCUT2D eigenvalue weighted by atomic mass is 16.6. The molecule has 0 bridgehead atoms. The molecule has 3 rings (SSSR count). The number of aromatic hydroxyl groups is 3. The molecule has 136 valence electrons. The number of fused-ring (bicyclic) bond motifs is 1. The summed E-state index contributed by atoms with van der Waals surface area (Å²) < 4.78 is 0. The van der Waals surface area contributed by atoms with Gasteiger partial charge in [0.25, 0.3) is 5.69 Å². The summed E-state index contributed by atoms with van der Waals surface area (Å²) in [7, 11) is 0.